The normalized spacial score (nSPS) is 13.2. The molecule has 1 aromatic heterocycles. The molecule has 0 aliphatic heterocycles. The van der Waals surface area contributed by atoms with Crippen molar-refractivity contribution >= 4 is 72.1 Å². The van der Waals surface area contributed by atoms with Crippen LogP contribution in [0.3, 0.4) is 0 Å². The molecule has 10 aromatic rings. The van der Waals surface area contributed by atoms with Crippen molar-refractivity contribution in [1.82, 2.24) is 4.57 Å². The van der Waals surface area contributed by atoms with E-state index in [1.54, 1.807) is 0 Å². The predicted octanol–water partition coefficient (Wildman–Crippen LogP) is 14.6. The lowest BCUT2D eigenvalue weighted by molar-refractivity contribution is 0.661. The maximum Gasteiger partial charge on any atom is 0.163 e. The Kier molecular flexibility index (Phi) is 9.06. The SMILES string of the molecule is CC.CC1(C)c2ccc(-c3cccc4c5cc6ccccc6cc5n(C=NC(=NC(=N)c5ccccc5)c5ccc6ccccc6c5)c34)cc2-c2c1ccc1ccccc21. The number of benzene rings is 9. The van der Waals surface area contributed by atoms with Crippen molar-refractivity contribution in [2.24, 2.45) is 9.98 Å². The number of aromatic nitrogens is 1. The maximum absolute atomic E-state index is 9.05. The lowest BCUT2D eigenvalue weighted by Gasteiger charge is -2.21. The van der Waals surface area contributed by atoms with E-state index >= 15 is 0 Å². The van der Waals surface area contributed by atoms with Gasteiger partial charge in [0.15, 0.2) is 11.7 Å². The number of para-hydroxylation sites is 1. The molecular formula is C56H44N4. The predicted molar refractivity (Wildman–Crippen MR) is 256 cm³/mol. The summed E-state index contributed by atoms with van der Waals surface area (Å²) < 4.78 is 2.23. The van der Waals surface area contributed by atoms with Crippen LogP contribution >= 0.6 is 0 Å². The highest BCUT2D eigenvalue weighted by Gasteiger charge is 2.36. The van der Waals surface area contributed by atoms with Crippen LogP contribution in [0.1, 0.15) is 49.9 Å². The molecule has 288 valence electrons. The highest BCUT2D eigenvalue weighted by atomic mass is 15.1. The standard InChI is InChI=1S/C54H38N4.C2H6/c1-54(2)47-27-26-40(31-46(47)50-42-20-11-10-14-35(42)25-28-48(50)54)43-21-12-22-44-45-30-38-18-8-9-19-39(38)32-49(45)58(51(43)44)33-56-53(57-52(55)36-15-4-3-5-16-36)41-24-23-34-13-6-7-17-37(34)29-41;1-2/h3-33,55H,1-2H3;1-2H3. The van der Waals surface area contributed by atoms with Gasteiger partial charge in [-0.2, -0.15) is 0 Å². The molecule has 60 heavy (non-hydrogen) atoms. The first-order valence-electron chi connectivity index (χ1n) is 20.8. The molecule has 0 saturated carbocycles. The Morgan fingerprint density at radius 1 is 0.517 bits per heavy atom. The van der Waals surface area contributed by atoms with Gasteiger partial charge in [-0.1, -0.05) is 185 Å². The minimum Gasteiger partial charge on any atom is -0.299 e. The molecule has 1 heterocycles. The molecule has 0 bridgehead atoms. The van der Waals surface area contributed by atoms with Crippen LogP contribution in [0.15, 0.2) is 192 Å². The summed E-state index contributed by atoms with van der Waals surface area (Å²) in [4.78, 5) is 10.1. The molecule has 1 aliphatic carbocycles. The van der Waals surface area contributed by atoms with Gasteiger partial charge in [-0.05, 0) is 84.4 Å². The molecule has 4 nitrogen and oxygen atoms in total. The molecular weight excluding hydrogens is 729 g/mol. The topological polar surface area (TPSA) is 53.5 Å². The van der Waals surface area contributed by atoms with Gasteiger partial charge in [0.2, 0.25) is 0 Å². The van der Waals surface area contributed by atoms with Crippen LogP contribution in [-0.4, -0.2) is 22.6 Å². The first kappa shape index (κ1) is 36.9. The van der Waals surface area contributed by atoms with Gasteiger partial charge in [-0.25, -0.2) is 9.98 Å². The zero-order valence-electron chi connectivity index (χ0n) is 34.2. The van der Waals surface area contributed by atoms with E-state index in [2.05, 4.69) is 158 Å². The summed E-state index contributed by atoms with van der Waals surface area (Å²) in [5, 5.41) is 18.5. The van der Waals surface area contributed by atoms with Gasteiger partial charge in [0.05, 0.1) is 11.0 Å². The Morgan fingerprint density at radius 2 is 1.15 bits per heavy atom. The number of nitrogens with zero attached hydrogens (tertiary/aromatic N) is 3. The first-order valence-corrected chi connectivity index (χ1v) is 20.8. The van der Waals surface area contributed by atoms with E-state index in [1.807, 2.05) is 62.7 Å². The fourth-order valence-electron chi connectivity index (χ4n) is 9.20. The van der Waals surface area contributed by atoms with Gasteiger partial charge < -0.3 is 0 Å². The Bertz CT molecular complexity index is 3380. The van der Waals surface area contributed by atoms with Gasteiger partial charge in [0, 0.05) is 32.9 Å². The van der Waals surface area contributed by atoms with Crippen molar-refractivity contribution in [3.05, 3.63) is 204 Å². The number of fused-ring (bicyclic) bond motifs is 10. The summed E-state index contributed by atoms with van der Waals surface area (Å²) in [6.07, 6.45) is 1.91. The second-order valence-electron chi connectivity index (χ2n) is 15.8. The summed E-state index contributed by atoms with van der Waals surface area (Å²) in [5.41, 5.74) is 11.2. The summed E-state index contributed by atoms with van der Waals surface area (Å²) in [6, 6.07) is 64.3. The average Bonchev–Trinajstić information content (AvgIpc) is 3.74. The van der Waals surface area contributed by atoms with Crippen LogP contribution in [0, 0.1) is 5.41 Å². The number of rotatable bonds is 4. The Balaban J connectivity index is 0.00000213. The van der Waals surface area contributed by atoms with Crippen LogP contribution in [0.4, 0.5) is 0 Å². The van der Waals surface area contributed by atoms with Crippen molar-refractivity contribution in [1.29, 1.82) is 5.41 Å². The Labute approximate surface area is 350 Å². The second-order valence-corrected chi connectivity index (χ2v) is 15.8. The minimum absolute atomic E-state index is 0.118. The third-order valence-electron chi connectivity index (χ3n) is 12.1. The average molecular weight is 773 g/mol. The molecule has 0 spiro atoms. The van der Waals surface area contributed by atoms with E-state index in [0.29, 0.717) is 5.84 Å². The van der Waals surface area contributed by atoms with Gasteiger partial charge in [-0.15, -0.1) is 0 Å². The van der Waals surface area contributed by atoms with Crippen LogP contribution in [0.2, 0.25) is 0 Å². The summed E-state index contributed by atoms with van der Waals surface area (Å²) >= 11 is 0. The van der Waals surface area contributed by atoms with Crippen molar-refractivity contribution in [2.45, 2.75) is 33.1 Å². The van der Waals surface area contributed by atoms with Crippen molar-refractivity contribution in [3.63, 3.8) is 0 Å². The molecule has 1 N–H and O–H groups in total. The molecule has 9 aromatic carbocycles. The minimum atomic E-state index is -0.118. The highest BCUT2D eigenvalue weighted by Crippen LogP contribution is 2.52. The summed E-state index contributed by atoms with van der Waals surface area (Å²) in [6.45, 7) is 8.69. The molecule has 0 unspecified atom stereocenters. The summed E-state index contributed by atoms with van der Waals surface area (Å²) in [7, 11) is 0. The Morgan fingerprint density at radius 3 is 1.93 bits per heavy atom. The van der Waals surface area contributed by atoms with Crippen LogP contribution in [0.25, 0.3) is 76.4 Å². The molecule has 1 aliphatic rings. The van der Waals surface area contributed by atoms with E-state index in [9.17, 15) is 0 Å². The smallest absolute Gasteiger partial charge is 0.163 e. The molecule has 4 heteroatoms. The molecule has 0 atom stereocenters. The molecule has 11 rings (SSSR count). The quantitative estimate of drug-likeness (QED) is 0.137. The number of amidine groups is 2. The van der Waals surface area contributed by atoms with E-state index < -0.39 is 0 Å². The van der Waals surface area contributed by atoms with Crippen molar-refractivity contribution < 1.29 is 0 Å². The lowest BCUT2D eigenvalue weighted by Crippen LogP contribution is -2.14. The van der Waals surface area contributed by atoms with Gasteiger partial charge in [-0.3, -0.25) is 9.98 Å². The zero-order chi connectivity index (χ0) is 41.0. The number of hydrogen-bond donors (Lipinski definition) is 1. The fourth-order valence-corrected chi connectivity index (χ4v) is 9.20. The van der Waals surface area contributed by atoms with E-state index in [0.717, 1.165) is 60.2 Å². The molecule has 0 radical (unpaired) electrons. The number of nitrogens with one attached hydrogen (secondary N) is 1. The highest BCUT2D eigenvalue weighted by molar-refractivity contribution is 6.20. The largest absolute Gasteiger partial charge is 0.299 e. The van der Waals surface area contributed by atoms with Crippen molar-refractivity contribution in [2.75, 3.05) is 0 Å². The number of hydrogen-bond acceptors (Lipinski definition) is 1. The fraction of sp³-hybridized carbons (Fsp3) is 0.0893. The second kappa shape index (κ2) is 14.7. The Hall–Kier alpha value is -7.43. The van der Waals surface area contributed by atoms with E-state index in [4.69, 9.17) is 15.4 Å². The maximum atomic E-state index is 9.05. The molecule has 0 saturated heterocycles. The lowest BCUT2D eigenvalue weighted by atomic mass is 9.82. The number of aliphatic imine (C=N–C) groups is 2. The van der Waals surface area contributed by atoms with Crippen molar-refractivity contribution in [3.8, 4) is 22.3 Å². The third-order valence-corrected chi connectivity index (χ3v) is 12.1. The van der Waals surface area contributed by atoms with Crippen LogP contribution in [0.5, 0.6) is 0 Å². The van der Waals surface area contributed by atoms with Crippen LogP contribution < -0.4 is 0 Å². The zero-order valence-corrected chi connectivity index (χ0v) is 34.2. The van der Waals surface area contributed by atoms with E-state index in [-0.39, 0.29) is 11.3 Å². The molecule has 0 amide bonds. The summed E-state index contributed by atoms with van der Waals surface area (Å²) in [5.74, 6) is 0.625. The van der Waals surface area contributed by atoms with Gasteiger partial charge >= 0.3 is 0 Å². The molecule has 0 fully saturated rings. The van der Waals surface area contributed by atoms with Crippen LogP contribution in [-0.2, 0) is 5.41 Å². The van der Waals surface area contributed by atoms with Gasteiger partial charge in [0.1, 0.15) is 6.34 Å². The monoisotopic (exact) mass is 772 g/mol. The van der Waals surface area contributed by atoms with E-state index in [1.165, 1.54) is 38.4 Å². The first-order chi connectivity index (χ1) is 29.4. The van der Waals surface area contributed by atoms with Gasteiger partial charge in [0.25, 0.3) is 0 Å². The third kappa shape index (κ3) is 6.03.